The summed E-state index contributed by atoms with van der Waals surface area (Å²) in [4.78, 5) is 25.0. The van der Waals surface area contributed by atoms with E-state index in [2.05, 4.69) is 10.6 Å². The first-order valence-electron chi connectivity index (χ1n) is 10.8. The number of carbonyl (C=O) groups is 2. The average molecular weight is 599 g/mol. The number of aryl methyl sites for hydroxylation is 2. The lowest BCUT2D eigenvalue weighted by atomic mass is 10.1. The van der Waals surface area contributed by atoms with Gasteiger partial charge in [-0.2, -0.15) is 5.26 Å². The molecule has 0 heterocycles. The molecule has 184 valence electrons. The molecule has 7 nitrogen and oxygen atoms in total. The van der Waals surface area contributed by atoms with Gasteiger partial charge in [0, 0.05) is 11.4 Å². The van der Waals surface area contributed by atoms with E-state index in [9.17, 15) is 19.2 Å². The van der Waals surface area contributed by atoms with Crippen LogP contribution in [0.4, 0.5) is 15.8 Å². The minimum absolute atomic E-state index is 0.154. The molecular formula is C27H23FIN3O4. The van der Waals surface area contributed by atoms with Gasteiger partial charge in [-0.25, -0.2) is 4.39 Å². The summed E-state index contributed by atoms with van der Waals surface area (Å²) in [6.07, 6.45) is 1.40. The summed E-state index contributed by atoms with van der Waals surface area (Å²) < 4.78 is 24.9. The van der Waals surface area contributed by atoms with Gasteiger partial charge in [0.2, 0.25) is 0 Å². The number of hydrogen-bond acceptors (Lipinski definition) is 5. The van der Waals surface area contributed by atoms with Crippen LogP contribution in [-0.2, 0) is 9.59 Å². The van der Waals surface area contributed by atoms with E-state index < -0.39 is 11.7 Å². The number of benzene rings is 3. The van der Waals surface area contributed by atoms with Crippen LogP contribution in [0.1, 0.15) is 16.7 Å². The molecule has 0 saturated carbocycles. The second-order valence-corrected chi connectivity index (χ2v) is 8.98. The number of nitrogens with zero attached hydrogens (tertiary/aromatic N) is 1. The standard InChI is InChI=1S/C27H23FIN3O4/c1-16-4-9-23(17(2)10-16)32-25(33)15-36-26-22(29)12-18(13-24(26)35-3)11-19(14-30)27(34)31-21-7-5-20(28)6-8-21/h4-13H,15H2,1-3H3,(H,31,34)(H,32,33)/b19-11+. The summed E-state index contributed by atoms with van der Waals surface area (Å²) in [6.45, 7) is 3.65. The number of carbonyl (C=O) groups excluding carboxylic acids is 2. The highest BCUT2D eigenvalue weighted by atomic mass is 127. The summed E-state index contributed by atoms with van der Waals surface area (Å²) in [5, 5.41) is 14.9. The summed E-state index contributed by atoms with van der Waals surface area (Å²) in [5.41, 5.74) is 3.48. The van der Waals surface area contributed by atoms with Gasteiger partial charge in [0.25, 0.3) is 11.8 Å². The largest absolute Gasteiger partial charge is 0.493 e. The van der Waals surface area contributed by atoms with Crippen LogP contribution in [0, 0.1) is 34.6 Å². The van der Waals surface area contributed by atoms with Gasteiger partial charge in [0.05, 0.1) is 10.7 Å². The third-order valence-corrected chi connectivity index (χ3v) is 5.83. The molecule has 0 radical (unpaired) electrons. The Bertz CT molecular complexity index is 1360. The van der Waals surface area contributed by atoms with Crippen LogP contribution in [0.15, 0.2) is 60.2 Å². The number of halogens is 2. The topological polar surface area (TPSA) is 100 Å². The van der Waals surface area contributed by atoms with E-state index >= 15 is 0 Å². The van der Waals surface area contributed by atoms with Gasteiger partial charge in [-0.3, -0.25) is 9.59 Å². The SMILES string of the molecule is COc1cc(/C=C(\C#N)C(=O)Nc2ccc(F)cc2)cc(I)c1OCC(=O)Nc1ccc(C)cc1C. The summed E-state index contributed by atoms with van der Waals surface area (Å²) in [5.74, 6) is -0.700. The Morgan fingerprint density at radius 2 is 1.81 bits per heavy atom. The minimum atomic E-state index is -0.638. The van der Waals surface area contributed by atoms with Crippen LogP contribution < -0.4 is 20.1 Å². The molecule has 0 unspecified atom stereocenters. The second kappa shape index (κ2) is 12.2. The maximum atomic E-state index is 13.1. The molecule has 0 aliphatic heterocycles. The molecule has 3 rings (SSSR count). The monoisotopic (exact) mass is 599 g/mol. The molecule has 0 atom stereocenters. The number of anilines is 2. The quantitative estimate of drug-likeness (QED) is 0.199. The van der Waals surface area contributed by atoms with E-state index in [1.54, 1.807) is 12.1 Å². The Balaban J connectivity index is 1.73. The van der Waals surface area contributed by atoms with Gasteiger partial charge in [-0.1, -0.05) is 17.7 Å². The second-order valence-electron chi connectivity index (χ2n) is 7.82. The summed E-state index contributed by atoms with van der Waals surface area (Å²) in [7, 11) is 1.45. The summed E-state index contributed by atoms with van der Waals surface area (Å²) in [6, 6.07) is 16.1. The van der Waals surface area contributed by atoms with Crippen molar-refractivity contribution in [1.82, 2.24) is 0 Å². The van der Waals surface area contributed by atoms with Crippen LogP contribution in [0.25, 0.3) is 6.08 Å². The zero-order chi connectivity index (χ0) is 26.2. The predicted molar refractivity (Wildman–Crippen MR) is 144 cm³/mol. The highest BCUT2D eigenvalue weighted by Crippen LogP contribution is 2.34. The molecule has 3 aromatic carbocycles. The van der Waals surface area contributed by atoms with Gasteiger partial charge in [-0.15, -0.1) is 0 Å². The van der Waals surface area contributed by atoms with Crippen molar-refractivity contribution >= 4 is 51.9 Å². The van der Waals surface area contributed by atoms with Crippen molar-refractivity contribution in [3.05, 3.63) is 86.2 Å². The predicted octanol–water partition coefficient (Wildman–Crippen LogP) is 5.62. The third kappa shape index (κ3) is 7.05. The third-order valence-electron chi connectivity index (χ3n) is 5.03. The van der Waals surface area contributed by atoms with Crippen molar-refractivity contribution in [2.45, 2.75) is 13.8 Å². The Labute approximate surface area is 222 Å². The van der Waals surface area contributed by atoms with Crippen molar-refractivity contribution in [3.8, 4) is 17.6 Å². The number of nitriles is 1. The number of nitrogens with one attached hydrogen (secondary N) is 2. The van der Waals surface area contributed by atoms with Crippen LogP contribution in [0.3, 0.4) is 0 Å². The molecule has 3 aromatic rings. The first kappa shape index (κ1) is 26.7. The van der Waals surface area contributed by atoms with E-state index in [4.69, 9.17) is 9.47 Å². The lowest BCUT2D eigenvalue weighted by Crippen LogP contribution is -2.21. The smallest absolute Gasteiger partial charge is 0.266 e. The number of hydrogen-bond donors (Lipinski definition) is 2. The fourth-order valence-electron chi connectivity index (χ4n) is 3.29. The zero-order valence-corrected chi connectivity index (χ0v) is 22.0. The molecule has 9 heteroatoms. The number of rotatable bonds is 8. The van der Waals surface area contributed by atoms with Crippen molar-refractivity contribution in [2.24, 2.45) is 0 Å². The fraction of sp³-hybridized carbons (Fsp3) is 0.148. The molecule has 0 aromatic heterocycles. The minimum Gasteiger partial charge on any atom is -0.493 e. The molecule has 0 spiro atoms. The maximum absolute atomic E-state index is 13.1. The van der Waals surface area contributed by atoms with Gasteiger partial charge in [-0.05, 0) is 96.1 Å². The molecule has 2 N–H and O–H groups in total. The van der Waals surface area contributed by atoms with E-state index in [1.165, 1.54) is 37.5 Å². The number of ether oxygens (including phenoxy) is 2. The van der Waals surface area contributed by atoms with Crippen LogP contribution in [-0.4, -0.2) is 25.5 Å². The lowest BCUT2D eigenvalue weighted by Gasteiger charge is -2.14. The molecule has 0 aliphatic carbocycles. The maximum Gasteiger partial charge on any atom is 0.266 e. The van der Waals surface area contributed by atoms with Crippen LogP contribution in [0.2, 0.25) is 0 Å². The fourth-order valence-corrected chi connectivity index (χ4v) is 4.07. The average Bonchev–Trinajstić information content (AvgIpc) is 2.84. The number of amides is 2. The Morgan fingerprint density at radius 1 is 1.08 bits per heavy atom. The van der Waals surface area contributed by atoms with Gasteiger partial charge in [0.15, 0.2) is 18.1 Å². The zero-order valence-electron chi connectivity index (χ0n) is 19.8. The lowest BCUT2D eigenvalue weighted by molar-refractivity contribution is -0.118. The highest BCUT2D eigenvalue weighted by molar-refractivity contribution is 14.1. The highest BCUT2D eigenvalue weighted by Gasteiger charge is 2.16. The van der Waals surface area contributed by atoms with E-state index in [0.29, 0.717) is 32.0 Å². The van der Waals surface area contributed by atoms with Gasteiger partial charge < -0.3 is 20.1 Å². The van der Waals surface area contributed by atoms with Crippen LogP contribution in [0.5, 0.6) is 11.5 Å². The Morgan fingerprint density at radius 3 is 2.44 bits per heavy atom. The molecule has 0 fully saturated rings. The molecule has 0 bridgehead atoms. The van der Waals surface area contributed by atoms with Crippen molar-refractivity contribution in [2.75, 3.05) is 24.4 Å². The van der Waals surface area contributed by atoms with E-state index in [0.717, 1.165) is 11.1 Å². The van der Waals surface area contributed by atoms with Crippen molar-refractivity contribution in [1.29, 1.82) is 5.26 Å². The van der Waals surface area contributed by atoms with E-state index in [1.807, 2.05) is 60.7 Å². The molecule has 0 aliphatic rings. The van der Waals surface area contributed by atoms with Crippen molar-refractivity contribution in [3.63, 3.8) is 0 Å². The Hall–Kier alpha value is -3.91. The number of methoxy groups -OCH3 is 1. The Kier molecular flexibility index (Phi) is 9.02. The normalized spacial score (nSPS) is 10.8. The summed E-state index contributed by atoms with van der Waals surface area (Å²) >= 11 is 2.03. The van der Waals surface area contributed by atoms with Crippen molar-refractivity contribution < 1.29 is 23.5 Å². The molecule has 0 saturated heterocycles. The van der Waals surface area contributed by atoms with Gasteiger partial charge >= 0.3 is 0 Å². The molecular weight excluding hydrogens is 576 g/mol. The molecule has 2 amide bonds. The first-order valence-corrected chi connectivity index (χ1v) is 11.8. The first-order chi connectivity index (χ1) is 17.2. The van der Waals surface area contributed by atoms with Gasteiger partial charge in [0.1, 0.15) is 17.5 Å². The van der Waals surface area contributed by atoms with Crippen LogP contribution >= 0.6 is 22.6 Å². The van der Waals surface area contributed by atoms with E-state index in [-0.39, 0.29) is 18.1 Å². The molecule has 36 heavy (non-hydrogen) atoms.